The second-order valence-electron chi connectivity index (χ2n) is 4.05. The highest BCUT2D eigenvalue weighted by Crippen LogP contribution is 2.22. The molecule has 1 unspecified atom stereocenters. The van der Waals surface area contributed by atoms with E-state index in [0.717, 1.165) is 22.6 Å². The quantitative estimate of drug-likeness (QED) is 0.765. The van der Waals surface area contributed by atoms with Crippen LogP contribution in [-0.4, -0.2) is 24.4 Å². The maximum Gasteiger partial charge on any atom is 0.252 e. The first-order valence-electron chi connectivity index (χ1n) is 5.79. The smallest absolute Gasteiger partial charge is 0.252 e. The van der Waals surface area contributed by atoms with Crippen molar-refractivity contribution in [3.8, 4) is 5.75 Å². The zero-order valence-electron chi connectivity index (χ0n) is 10.5. The van der Waals surface area contributed by atoms with Gasteiger partial charge in [-0.1, -0.05) is 15.9 Å². The Bertz CT molecular complexity index is 410. The number of benzene rings is 1. The van der Waals surface area contributed by atoms with Crippen LogP contribution in [0.1, 0.15) is 30.1 Å². The molecule has 1 N–H and O–H groups in total. The van der Waals surface area contributed by atoms with E-state index in [9.17, 15) is 4.79 Å². The zero-order valence-corrected chi connectivity index (χ0v) is 13.7. The number of hydrogen-bond donors (Lipinski definition) is 1. The summed E-state index contributed by atoms with van der Waals surface area (Å²) < 4.78 is 5.89. The van der Waals surface area contributed by atoms with Crippen molar-refractivity contribution in [3.63, 3.8) is 0 Å². The van der Waals surface area contributed by atoms with Crippen LogP contribution in [0, 0.1) is 0 Å². The maximum atomic E-state index is 12.1. The summed E-state index contributed by atoms with van der Waals surface area (Å²) in [6.45, 7) is 2.01. The molecule has 0 aliphatic rings. The van der Waals surface area contributed by atoms with E-state index in [1.807, 2.05) is 19.1 Å². The SMILES string of the molecule is COc1ccc(Br)c(C(=O)NC(C)CCCBr)c1. The van der Waals surface area contributed by atoms with Crippen LogP contribution in [0.15, 0.2) is 22.7 Å². The van der Waals surface area contributed by atoms with Crippen LogP contribution in [0.5, 0.6) is 5.75 Å². The van der Waals surface area contributed by atoms with Gasteiger partial charge in [0.1, 0.15) is 5.75 Å². The minimum absolute atomic E-state index is 0.0807. The zero-order chi connectivity index (χ0) is 13.5. The summed E-state index contributed by atoms with van der Waals surface area (Å²) in [6, 6.07) is 5.52. The van der Waals surface area contributed by atoms with Gasteiger partial charge in [0, 0.05) is 15.8 Å². The number of nitrogens with one attached hydrogen (secondary N) is 1. The third kappa shape index (κ3) is 4.61. The fourth-order valence-corrected chi connectivity index (χ4v) is 2.31. The lowest BCUT2D eigenvalue weighted by molar-refractivity contribution is 0.0937. The molecular formula is C13H17Br2NO2. The van der Waals surface area contributed by atoms with Crippen LogP contribution in [-0.2, 0) is 0 Å². The molecule has 18 heavy (non-hydrogen) atoms. The summed E-state index contributed by atoms with van der Waals surface area (Å²) in [5.74, 6) is 0.597. The summed E-state index contributed by atoms with van der Waals surface area (Å²) in [7, 11) is 1.59. The highest BCUT2D eigenvalue weighted by atomic mass is 79.9. The monoisotopic (exact) mass is 377 g/mol. The third-order valence-electron chi connectivity index (χ3n) is 2.57. The second-order valence-corrected chi connectivity index (χ2v) is 5.70. The molecule has 3 nitrogen and oxygen atoms in total. The molecule has 0 aliphatic carbocycles. The van der Waals surface area contributed by atoms with E-state index in [1.54, 1.807) is 13.2 Å². The van der Waals surface area contributed by atoms with Gasteiger partial charge in [-0.3, -0.25) is 4.79 Å². The molecule has 0 spiro atoms. The van der Waals surface area contributed by atoms with Gasteiger partial charge in [-0.05, 0) is 53.9 Å². The number of halogens is 2. The Kier molecular flexibility index (Phi) is 6.71. The van der Waals surface area contributed by atoms with Gasteiger partial charge in [-0.25, -0.2) is 0 Å². The highest BCUT2D eigenvalue weighted by Gasteiger charge is 2.13. The van der Waals surface area contributed by atoms with Gasteiger partial charge in [0.2, 0.25) is 0 Å². The molecule has 5 heteroatoms. The van der Waals surface area contributed by atoms with Crippen LogP contribution in [0.3, 0.4) is 0 Å². The number of amides is 1. The summed E-state index contributed by atoms with van der Waals surface area (Å²) in [5.41, 5.74) is 0.597. The van der Waals surface area contributed by atoms with Crippen molar-refractivity contribution < 1.29 is 9.53 Å². The van der Waals surface area contributed by atoms with Gasteiger partial charge < -0.3 is 10.1 Å². The summed E-state index contributed by atoms with van der Waals surface area (Å²) in [5, 5.41) is 3.93. The van der Waals surface area contributed by atoms with Crippen molar-refractivity contribution in [1.82, 2.24) is 5.32 Å². The molecule has 0 aromatic heterocycles. The number of ether oxygens (including phenoxy) is 1. The minimum atomic E-state index is -0.0807. The van der Waals surface area contributed by atoms with Crippen molar-refractivity contribution in [2.24, 2.45) is 0 Å². The first kappa shape index (κ1) is 15.5. The van der Waals surface area contributed by atoms with Crippen molar-refractivity contribution in [1.29, 1.82) is 0 Å². The van der Waals surface area contributed by atoms with E-state index in [4.69, 9.17) is 4.74 Å². The minimum Gasteiger partial charge on any atom is -0.497 e. The van der Waals surface area contributed by atoms with Gasteiger partial charge in [0.05, 0.1) is 12.7 Å². The first-order valence-corrected chi connectivity index (χ1v) is 7.70. The molecule has 1 amide bonds. The normalized spacial score (nSPS) is 12.0. The van der Waals surface area contributed by atoms with Gasteiger partial charge >= 0.3 is 0 Å². The van der Waals surface area contributed by atoms with Crippen LogP contribution in [0.2, 0.25) is 0 Å². The number of carbonyl (C=O) groups is 1. The van der Waals surface area contributed by atoms with Crippen LogP contribution >= 0.6 is 31.9 Å². The summed E-state index contributed by atoms with van der Waals surface area (Å²) in [6.07, 6.45) is 2.00. The molecule has 0 heterocycles. The standard InChI is InChI=1S/C13H17Br2NO2/c1-9(4-3-7-14)16-13(17)11-8-10(18-2)5-6-12(11)15/h5-6,8-9H,3-4,7H2,1-2H3,(H,16,17). The van der Waals surface area contributed by atoms with Crippen molar-refractivity contribution in [2.75, 3.05) is 12.4 Å². The Labute approximate surface area is 125 Å². The molecule has 1 atom stereocenters. The molecule has 1 aromatic carbocycles. The lowest BCUT2D eigenvalue weighted by Gasteiger charge is -2.14. The Morgan fingerprint density at radius 2 is 2.22 bits per heavy atom. The number of hydrogen-bond acceptors (Lipinski definition) is 2. The van der Waals surface area contributed by atoms with Crippen LogP contribution < -0.4 is 10.1 Å². The number of methoxy groups -OCH3 is 1. The van der Waals surface area contributed by atoms with E-state index in [0.29, 0.717) is 11.3 Å². The van der Waals surface area contributed by atoms with Gasteiger partial charge in [0.15, 0.2) is 0 Å². The Morgan fingerprint density at radius 3 is 2.83 bits per heavy atom. The average Bonchev–Trinajstić information content (AvgIpc) is 2.36. The largest absolute Gasteiger partial charge is 0.497 e. The summed E-state index contributed by atoms with van der Waals surface area (Å²) >= 11 is 6.76. The molecule has 1 aromatic rings. The summed E-state index contributed by atoms with van der Waals surface area (Å²) in [4.78, 5) is 12.1. The van der Waals surface area contributed by atoms with E-state index in [2.05, 4.69) is 37.2 Å². The van der Waals surface area contributed by atoms with Crippen LogP contribution in [0.25, 0.3) is 0 Å². The molecular weight excluding hydrogens is 362 g/mol. The molecule has 100 valence electrons. The van der Waals surface area contributed by atoms with E-state index in [-0.39, 0.29) is 11.9 Å². The molecule has 0 radical (unpaired) electrons. The molecule has 1 rings (SSSR count). The molecule has 0 saturated carbocycles. The topological polar surface area (TPSA) is 38.3 Å². The van der Waals surface area contributed by atoms with Crippen molar-refractivity contribution >= 4 is 37.8 Å². The molecule has 0 bridgehead atoms. The van der Waals surface area contributed by atoms with Crippen molar-refractivity contribution in [2.45, 2.75) is 25.8 Å². The Morgan fingerprint density at radius 1 is 1.50 bits per heavy atom. The maximum absolute atomic E-state index is 12.1. The Hall–Kier alpha value is -0.550. The molecule has 0 aliphatic heterocycles. The predicted molar refractivity (Wildman–Crippen MR) is 80.7 cm³/mol. The van der Waals surface area contributed by atoms with Gasteiger partial charge in [0.25, 0.3) is 5.91 Å². The number of alkyl halides is 1. The third-order valence-corrected chi connectivity index (χ3v) is 3.82. The predicted octanol–water partition coefficient (Wildman–Crippen LogP) is 3.75. The number of carbonyl (C=O) groups excluding carboxylic acids is 1. The fraction of sp³-hybridized carbons (Fsp3) is 0.462. The van der Waals surface area contributed by atoms with E-state index < -0.39 is 0 Å². The van der Waals surface area contributed by atoms with Gasteiger partial charge in [-0.15, -0.1) is 0 Å². The fourth-order valence-electron chi connectivity index (χ4n) is 1.56. The lowest BCUT2D eigenvalue weighted by Crippen LogP contribution is -2.32. The molecule has 0 fully saturated rings. The first-order chi connectivity index (χ1) is 8.58. The van der Waals surface area contributed by atoms with E-state index >= 15 is 0 Å². The number of rotatable bonds is 6. The van der Waals surface area contributed by atoms with Gasteiger partial charge in [-0.2, -0.15) is 0 Å². The lowest BCUT2D eigenvalue weighted by atomic mass is 10.1. The van der Waals surface area contributed by atoms with Crippen molar-refractivity contribution in [3.05, 3.63) is 28.2 Å². The molecule has 0 saturated heterocycles. The average molecular weight is 379 g/mol. The van der Waals surface area contributed by atoms with E-state index in [1.165, 1.54) is 0 Å². The second kappa shape index (κ2) is 7.79. The van der Waals surface area contributed by atoms with Crippen LogP contribution in [0.4, 0.5) is 0 Å². The Balaban J connectivity index is 2.71. The highest BCUT2D eigenvalue weighted by molar-refractivity contribution is 9.10.